The van der Waals surface area contributed by atoms with Gasteiger partial charge in [0.15, 0.2) is 5.69 Å². The van der Waals surface area contributed by atoms with E-state index in [9.17, 15) is 4.79 Å². The molecule has 1 fully saturated rings. The van der Waals surface area contributed by atoms with E-state index in [1.54, 1.807) is 0 Å². The molecular weight excluding hydrogens is 300 g/mol. The molecule has 0 atom stereocenters. The number of aryl methyl sites for hydroxylation is 1. The number of benzene rings is 1. The van der Waals surface area contributed by atoms with Gasteiger partial charge in [-0.3, -0.25) is 14.4 Å². The lowest BCUT2D eigenvalue weighted by Gasteiger charge is -2.34. The largest absolute Gasteiger partial charge is 0.335 e. The first-order valence-corrected chi connectivity index (χ1v) is 8.82. The van der Waals surface area contributed by atoms with E-state index in [4.69, 9.17) is 0 Å². The van der Waals surface area contributed by atoms with Crippen molar-refractivity contribution in [3.8, 4) is 0 Å². The Morgan fingerprint density at radius 2 is 1.83 bits per heavy atom. The van der Waals surface area contributed by atoms with Crippen LogP contribution < -0.4 is 0 Å². The molecule has 4 rings (SSSR count). The fourth-order valence-corrected chi connectivity index (χ4v) is 3.88. The van der Waals surface area contributed by atoms with Crippen LogP contribution >= 0.6 is 0 Å². The molecule has 5 heteroatoms. The van der Waals surface area contributed by atoms with Gasteiger partial charge in [-0.25, -0.2) is 0 Å². The lowest BCUT2D eigenvalue weighted by Crippen LogP contribution is -2.48. The predicted octanol–water partition coefficient (Wildman–Crippen LogP) is 1.87. The van der Waals surface area contributed by atoms with Crippen molar-refractivity contribution in [2.45, 2.75) is 25.8 Å². The third-order valence-electron chi connectivity index (χ3n) is 5.23. The smallest absolute Gasteiger partial charge is 0.274 e. The normalized spacial score (nSPS) is 18.0. The Morgan fingerprint density at radius 3 is 2.58 bits per heavy atom. The highest BCUT2D eigenvalue weighted by Gasteiger charge is 2.29. The molecule has 0 unspecified atom stereocenters. The summed E-state index contributed by atoms with van der Waals surface area (Å²) in [6.45, 7) is 4.39. The highest BCUT2D eigenvalue weighted by Crippen LogP contribution is 2.25. The van der Waals surface area contributed by atoms with Crippen LogP contribution in [-0.2, 0) is 26.4 Å². The van der Waals surface area contributed by atoms with Crippen molar-refractivity contribution in [1.29, 1.82) is 0 Å². The van der Waals surface area contributed by atoms with Crippen molar-refractivity contribution in [2.24, 2.45) is 7.05 Å². The van der Waals surface area contributed by atoms with E-state index in [1.807, 2.05) is 22.7 Å². The summed E-state index contributed by atoms with van der Waals surface area (Å²) in [7, 11) is 1.96. The van der Waals surface area contributed by atoms with Crippen LogP contribution in [0.25, 0.3) is 0 Å². The number of hydrogen-bond donors (Lipinski definition) is 0. The zero-order valence-electron chi connectivity index (χ0n) is 14.2. The predicted molar refractivity (Wildman–Crippen MR) is 92.9 cm³/mol. The summed E-state index contributed by atoms with van der Waals surface area (Å²) < 4.78 is 1.90. The Balaban J connectivity index is 1.39. The number of carbonyl (C=O) groups is 1. The van der Waals surface area contributed by atoms with Crippen molar-refractivity contribution < 1.29 is 4.79 Å². The van der Waals surface area contributed by atoms with Crippen LogP contribution in [0.3, 0.4) is 0 Å². The zero-order valence-corrected chi connectivity index (χ0v) is 14.2. The summed E-state index contributed by atoms with van der Waals surface area (Å²) in [4.78, 5) is 17.3. The van der Waals surface area contributed by atoms with E-state index in [1.165, 1.54) is 16.8 Å². The van der Waals surface area contributed by atoms with Crippen LogP contribution in [0.5, 0.6) is 0 Å². The first kappa shape index (κ1) is 15.4. The Morgan fingerprint density at radius 1 is 1.08 bits per heavy atom. The van der Waals surface area contributed by atoms with Gasteiger partial charge in [0.1, 0.15) is 0 Å². The molecule has 1 aliphatic carbocycles. The maximum absolute atomic E-state index is 12.9. The van der Waals surface area contributed by atoms with Crippen LogP contribution in [0.2, 0.25) is 0 Å². The summed E-state index contributed by atoms with van der Waals surface area (Å²) in [5.41, 5.74) is 4.47. The number of fused-ring (bicyclic) bond motifs is 1. The molecule has 1 saturated heterocycles. The molecule has 0 bridgehead atoms. The highest BCUT2D eigenvalue weighted by molar-refractivity contribution is 5.94. The lowest BCUT2D eigenvalue weighted by molar-refractivity contribution is 0.0621. The maximum atomic E-state index is 12.9. The lowest BCUT2D eigenvalue weighted by atomic mass is 10.1. The van der Waals surface area contributed by atoms with Gasteiger partial charge in [-0.05, 0) is 24.8 Å². The van der Waals surface area contributed by atoms with Gasteiger partial charge in [-0.15, -0.1) is 0 Å². The van der Waals surface area contributed by atoms with Crippen LogP contribution in [0, 0.1) is 0 Å². The van der Waals surface area contributed by atoms with Gasteiger partial charge in [0, 0.05) is 51.0 Å². The number of amides is 1. The van der Waals surface area contributed by atoms with Crippen LogP contribution in [0.4, 0.5) is 0 Å². The van der Waals surface area contributed by atoms with E-state index in [-0.39, 0.29) is 5.91 Å². The molecule has 0 N–H and O–H groups in total. The minimum Gasteiger partial charge on any atom is -0.335 e. The van der Waals surface area contributed by atoms with E-state index in [0.717, 1.165) is 52.0 Å². The van der Waals surface area contributed by atoms with Gasteiger partial charge in [0.05, 0.1) is 0 Å². The molecule has 1 aliphatic heterocycles. The van der Waals surface area contributed by atoms with Crippen molar-refractivity contribution in [2.75, 3.05) is 26.2 Å². The molecule has 0 saturated carbocycles. The highest BCUT2D eigenvalue weighted by atomic mass is 16.2. The second kappa shape index (κ2) is 6.40. The molecule has 24 heavy (non-hydrogen) atoms. The molecule has 2 aromatic rings. The van der Waals surface area contributed by atoms with Crippen molar-refractivity contribution >= 4 is 5.91 Å². The van der Waals surface area contributed by atoms with Crippen LogP contribution in [0.1, 0.15) is 33.7 Å². The zero-order chi connectivity index (χ0) is 16.5. The SMILES string of the molecule is Cn1nc(C(=O)N2CCN(Cc3ccccc3)CC2)c2c1CCC2. The fourth-order valence-electron chi connectivity index (χ4n) is 3.88. The van der Waals surface area contributed by atoms with E-state index in [0.29, 0.717) is 5.69 Å². The minimum atomic E-state index is 0.119. The summed E-state index contributed by atoms with van der Waals surface area (Å²) in [6, 6.07) is 10.5. The van der Waals surface area contributed by atoms with Crippen LogP contribution in [0.15, 0.2) is 30.3 Å². The number of rotatable bonds is 3. The van der Waals surface area contributed by atoms with Crippen molar-refractivity contribution in [1.82, 2.24) is 19.6 Å². The second-order valence-corrected chi connectivity index (χ2v) is 6.80. The summed E-state index contributed by atoms with van der Waals surface area (Å²) in [5, 5.41) is 4.51. The Bertz CT molecular complexity index is 729. The average Bonchev–Trinajstić information content (AvgIpc) is 3.20. The molecule has 0 radical (unpaired) electrons. The van der Waals surface area contributed by atoms with Crippen LogP contribution in [-0.4, -0.2) is 51.7 Å². The molecule has 2 heterocycles. The van der Waals surface area contributed by atoms with Gasteiger partial charge in [0.2, 0.25) is 0 Å². The maximum Gasteiger partial charge on any atom is 0.274 e. The molecule has 1 aromatic heterocycles. The van der Waals surface area contributed by atoms with Gasteiger partial charge in [-0.1, -0.05) is 30.3 Å². The topological polar surface area (TPSA) is 41.4 Å². The van der Waals surface area contributed by atoms with Gasteiger partial charge in [0.25, 0.3) is 5.91 Å². The van der Waals surface area contributed by atoms with Gasteiger partial charge >= 0.3 is 0 Å². The second-order valence-electron chi connectivity index (χ2n) is 6.80. The monoisotopic (exact) mass is 324 g/mol. The number of aromatic nitrogens is 2. The molecule has 0 spiro atoms. The first-order chi connectivity index (χ1) is 11.7. The third-order valence-corrected chi connectivity index (χ3v) is 5.23. The molecule has 1 amide bonds. The number of hydrogen-bond acceptors (Lipinski definition) is 3. The molecule has 2 aliphatic rings. The number of nitrogens with zero attached hydrogens (tertiary/aromatic N) is 4. The Labute approximate surface area is 142 Å². The summed E-state index contributed by atoms with van der Waals surface area (Å²) in [6.07, 6.45) is 3.20. The van der Waals surface area contributed by atoms with Gasteiger partial charge < -0.3 is 4.90 Å². The molecular formula is C19H24N4O. The number of piperazine rings is 1. The van der Waals surface area contributed by atoms with Gasteiger partial charge in [-0.2, -0.15) is 5.10 Å². The Kier molecular flexibility index (Phi) is 4.10. The quantitative estimate of drug-likeness (QED) is 0.865. The standard InChI is InChI=1S/C19H24N4O/c1-21-17-9-5-8-16(17)18(20-21)19(24)23-12-10-22(11-13-23)14-15-6-3-2-4-7-15/h2-4,6-7H,5,8-14H2,1H3. The number of carbonyl (C=O) groups excluding carboxylic acids is 1. The first-order valence-electron chi connectivity index (χ1n) is 8.82. The Hall–Kier alpha value is -2.14. The minimum absolute atomic E-state index is 0.119. The van der Waals surface area contributed by atoms with Crippen molar-refractivity contribution in [3.05, 3.63) is 52.8 Å². The van der Waals surface area contributed by atoms with E-state index >= 15 is 0 Å². The molecule has 1 aromatic carbocycles. The molecule has 5 nitrogen and oxygen atoms in total. The van der Waals surface area contributed by atoms with E-state index in [2.05, 4.69) is 34.3 Å². The average molecular weight is 324 g/mol. The summed E-state index contributed by atoms with van der Waals surface area (Å²) in [5.74, 6) is 0.119. The molecule has 126 valence electrons. The third kappa shape index (κ3) is 2.84. The van der Waals surface area contributed by atoms with Crippen molar-refractivity contribution in [3.63, 3.8) is 0 Å². The van der Waals surface area contributed by atoms with E-state index < -0.39 is 0 Å². The fraction of sp³-hybridized carbons (Fsp3) is 0.474. The summed E-state index contributed by atoms with van der Waals surface area (Å²) >= 11 is 0.